The summed E-state index contributed by atoms with van der Waals surface area (Å²) in [4.78, 5) is 26.1. The second kappa shape index (κ2) is 8.17. The minimum Gasteiger partial charge on any atom is -0.305 e. The van der Waals surface area contributed by atoms with Gasteiger partial charge in [0.25, 0.3) is 0 Å². The number of pyridine rings is 1. The number of aryl methyl sites for hydroxylation is 1. The Bertz CT molecular complexity index is 801. The molecule has 1 aliphatic heterocycles. The van der Waals surface area contributed by atoms with E-state index in [0.717, 1.165) is 17.8 Å². The van der Waals surface area contributed by atoms with E-state index >= 15 is 0 Å². The van der Waals surface area contributed by atoms with Crippen molar-refractivity contribution in [3.63, 3.8) is 0 Å². The van der Waals surface area contributed by atoms with Crippen molar-refractivity contribution in [1.82, 2.24) is 19.3 Å². The third-order valence-corrected chi connectivity index (χ3v) is 4.29. The molecule has 2 rings (SSSR count). The van der Waals surface area contributed by atoms with Crippen LogP contribution in [0.3, 0.4) is 0 Å². The number of nitrogens with zero attached hydrogens (tertiary/aromatic N) is 4. The molecule has 2 N–H and O–H groups in total. The van der Waals surface area contributed by atoms with E-state index in [0.29, 0.717) is 6.42 Å². The SMILES string of the molecule is CN=C1NS(=O)(=O)NC1=NCC(=O)CCc1cc(CN(C)C)ccn1. The molecule has 1 aromatic heterocycles. The molecule has 2 heterocycles. The zero-order valence-electron chi connectivity index (χ0n) is 14.5. The highest BCUT2D eigenvalue weighted by atomic mass is 32.2. The summed E-state index contributed by atoms with van der Waals surface area (Å²) >= 11 is 0. The number of amidine groups is 2. The Kier molecular flexibility index (Phi) is 6.21. The third-order valence-electron chi connectivity index (χ3n) is 3.36. The van der Waals surface area contributed by atoms with Crippen LogP contribution in [0.4, 0.5) is 0 Å². The predicted molar refractivity (Wildman–Crippen MR) is 95.8 cm³/mol. The van der Waals surface area contributed by atoms with Gasteiger partial charge in [-0.25, -0.2) is 9.44 Å². The van der Waals surface area contributed by atoms with E-state index < -0.39 is 10.2 Å². The molecule has 1 fully saturated rings. The minimum absolute atomic E-state index is 0.0574. The lowest BCUT2D eigenvalue weighted by Crippen LogP contribution is -2.25. The smallest absolute Gasteiger partial charge is 0.305 e. The van der Waals surface area contributed by atoms with Gasteiger partial charge in [0.1, 0.15) is 6.54 Å². The molecule has 25 heavy (non-hydrogen) atoms. The van der Waals surface area contributed by atoms with Gasteiger partial charge in [0.15, 0.2) is 17.5 Å². The van der Waals surface area contributed by atoms with Crippen molar-refractivity contribution in [3.05, 3.63) is 29.6 Å². The van der Waals surface area contributed by atoms with E-state index in [-0.39, 0.29) is 30.4 Å². The summed E-state index contributed by atoms with van der Waals surface area (Å²) in [7, 11) is 1.76. The highest BCUT2D eigenvalue weighted by Gasteiger charge is 2.27. The standard InChI is InChI=1S/C15H22N6O3S/c1-16-14-15(20-25(23,24)19-14)18-9-13(22)5-4-12-8-11(6-7-17-12)10-21(2)3/h6-8H,4-5,9-10H2,1-3H3,(H,16,19)(H,18,20). The quantitative estimate of drug-likeness (QED) is 0.675. The van der Waals surface area contributed by atoms with Crippen LogP contribution in [0.1, 0.15) is 17.7 Å². The number of hydrogen-bond donors (Lipinski definition) is 2. The number of aliphatic imine (C=N–C) groups is 2. The van der Waals surface area contributed by atoms with E-state index in [1.807, 2.05) is 26.2 Å². The molecule has 0 unspecified atom stereocenters. The third kappa shape index (κ3) is 5.91. The number of hydrogen-bond acceptors (Lipinski definition) is 7. The number of ketones is 1. The highest BCUT2D eigenvalue weighted by molar-refractivity contribution is 7.89. The minimum atomic E-state index is -3.66. The van der Waals surface area contributed by atoms with E-state index in [1.54, 1.807) is 6.20 Å². The van der Waals surface area contributed by atoms with Crippen LogP contribution in [-0.2, 0) is 28.0 Å². The largest absolute Gasteiger partial charge is 0.324 e. The van der Waals surface area contributed by atoms with Gasteiger partial charge < -0.3 is 4.90 Å². The van der Waals surface area contributed by atoms with Crippen LogP contribution in [0, 0.1) is 0 Å². The maximum Gasteiger partial charge on any atom is 0.324 e. The second-order valence-electron chi connectivity index (χ2n) is 5.88. The Morgan fingerprint density at radius 2 is 2.00 bits per heavy atom. The Labute approximate surface area is 147 Å². The number of nitrogens with one attached hydrogen (secondary N) is 2. The molecular formula is C15H22N6O3S. The van der Waals surface area contributed by atoms with Crippen LogP contribution < -0.4 is 9.44 Å². The summed E-state index contributed by atoms with van der Waals surface area (Å²) in [6.45, 7) is 0.694. The van der Waals surface area contributed by atoms with Crippen LogP contribution in [-0.4, -0.2) is 63.4 Å². The topological polar surface area (TPSA) is 116 Å². The molecule has 0 amide bonds. The molecule has 1 aromatic rings. The number of carbonyl (C=O) groups is 1. The average Bonchev–Trinajstić information content (AvgIpc) is 2.85. The molecule has 0 aromatic carbocycles. The molecule has 0 atom stereocenters. The number of carbonyl (C=O) groups excluding carboxylic acids is 1. The van der Waals surface area contributed by atoms with Crippen LogP contribution in [0.5, 0.6) is 0 Å². The van der Waals surface area contributed by atoms with Gasteiger partial charge in [0.2, 0.25) is 0 Å². The first-order valence-corrected chi connectivity index (χ1v) is 9.20. The zero-order valence-corrected chi connectivity index (χ0v) is 15.3. The zero-order chi connectivity index (χ0) is 18.4. The van der Waals surface area contributed by atoms with Crippen molar-refractivity contribution in [2.45, 2.75) is 19.4 Å². The Balaban J connectivity index is 1.90. The predicted octanol–water partition coefficient (Wildman–Crippen LogP) is -0.491. The molecule has 0 saturated carbocycles. The van der Waals surface area contributed by atoms with Crippen molar-refractivity contribution < 1.29 is 13.2 Å². The van der Waals surface area contributed by atoms with Crippen molar-refractivity contribution in [2.24, 2.45) is 9.98 Å². The van der Waals surface area contributed by atoms with Gasteiger partial charge in [0.05, 0.1) is 0 Å². The summed E-state index contributed by atoms with van der Waals surface area (Å²) in [5, 5.41) is 0. The molecule has 10 heteroatoms. The van der Waals surface area contributed by atoms with Crippen LogP contribution in [0.2, 0.25) is 0 Å². The van der Waals surface area contributed by atoms with Gasteiger partial charge in [-0.15, -0.1) is 0 Å². The second-order valence-corrected chi connectivity index (χ2v) is 7.29. The van der Waals surface area contributed by atoms with Gasteiger partial charge in [-0.1, -0.05) is 0 Å². The van der Waals surface area contributed by atoms with Gasteiger partial charge in [-0.2, -0.15) is 8.42 Å². The lowest BCUT2D eigenvalue weighted by atomic mass is 10.1. The molecule has 0 radical (unpaired) electrons. The van der Waals surface area contributed by atoms with E-state index in [4.69, 9.17) is 0 Å². The Morgan fingerprint density at radius 1 is 1.28 bits per heavy atom. The molecule has 0 bridgehead atoms. The molecule has 9 nitrogen and oxygen atoms in total. The van der Waals surface area contributed by atoms with Gasteiger partial charge in [0, 0.05) is 31.9 Å². The first-order chi connectivity index (χ1) is 11.8. The van der Waals surface area contributed by atoms with E-state index in [2.05, 4.69) is 29.3 Å². The summed E-state index contributed by atoms with van der Waals surface area (Å²) in [5.74, 6) is 0.0571. The fourth-order valence-electron chi connectivity index (χ4n) is 2.28. The van der Waals surface area contributed by atoms with E-state index in [1.165, 1.54) is 7.05 Å². The summed E-state index contributed by atoms with van der Waals surface area (Å²) in [6.07, 6.45) is 2.54. The first-order valence-electron chi connectivity index (χ1n) is 7.71. The lowest BCUT2D eigenvalue weighted by Gasteiger charge is -2.10. The van der Waals surface area contributed by atoms with Crippen molar-refractivity contribution >= 4 is 27.7 Å². The average molecular weight is 366 g/mol. The maximum absolute atomic E-state index is 12.0. The number of rotatable bonds is 7. The fraction of sp³-hybridized carbons (Fsp3) is 0.467. The van der Waals surface area contributed by atoms with E-state index in [9.17, 15) is 13.2 Å². The monoisotopic (exact) mass is 366 g/mol. The maximum atomic E-state index is 12.0. The normalized spacial score (nSPS) is 19.2. The van der Waals surface area contributed by atoms with Crippen LogP contribution in [0.15, 0.2) is 28.3 Å². The van der Waals surface area contributed by atoms with Crippen molar-refractivity contribution in [1.29, 1.82) is 0 Å². The number of aromatic nitrogens is 1. The van der Waals surface area contributed by atoms with Gasteiger partial charge in [-0.05, 0) is 38.2 Å². The summed E-state index contributed by atoms with van der Waals surface area (Å²) in [5.41, 5.74) is 1.98. The van der Waals surface area contributed by atoms with Gasteiger partial charge in [-0.3, -0.25) is 19.8 Å². The highest BCUT2D eigenvalue weighted by Crippen LogP contribution is 2.07. The van der Waals surface area contributed by atoms with Crippen molar-refractivity contribution in [2.75, 3.05) is 27.7 Å². The number of Topliss-reactive ketones (excluding diaryl/α,β-unsaturated/α-hetero) is 1. The van der Waals surface area contributed by atoms with Crippen molar-refractivity contribution in [3.8, 4) is 0 Å². The molecule has 1 saturated heterocycles. The fourth-order valence-corrected chi connectivity index (χ4v) is 3.19. The summed E-state index contributed by atoms with van der Waals surface area (Å²) < 4.78 is 27.2. The molecule has 0 spiro atoms. The molecule has 0 aliphatic carbocycles. The van der Waals surface area contributed by atoms with Crippen LogP contribution in [0.25, 0.3) is 0 Å². The molecule has 136 valence electrons. The summed E-state index contributed by atoms with van der Waals surface area (Å²) in [6, 6.07) is 3.93. The molecular weight excluding hydrogens is 344 g/mol. The Morgan fingerprint density at radius 3 is 2.68 bits per heavy atom. The first kappa shape index (κ1) is 19.0. The Hall–Kier alpha value is -2.33. The lowest BCUT2D eigenvalue weighted by molar-refractivity contribution is -0.117. The van der Waals surface area contributed by atoms with Crippen LogP contribution >= 0.6 is 0 Å². The van der Waals surface area contributed by atoms with Gasteiger partial charge >= 0.3 is 10.2 Å². The molecule has 1 aliphatic rings.